The number of nitrogens with zero attached hydrogens (tertiary/aromatic N) is 2. The Hall–Kier alpha value is -2.24. The van der Waals surface area contributed by atoms with Crippen molar-refractivity contribution < 1.29 is 14.3 Å². The van der Waals surface area contributed by atoms with E-state index in [-0.39, 0.29) is 5.91 Å². The number of carbonyl (C=O) groups excluding carboxylic acids is 1. The van der Waals surface area contributed by atoms with Crippen LogP contribution in [0.15, 0.2) is 48.5 Å². The molecule has 0 radical (unpaired) electrons. The molecule has 6 heteroatoms. The van der Waals surface area contributed by atoms with Gasteiger partial charge >= 0.3 is 0 Å². The van der Waals surface area contributed by atoms with Crippen LogP contribution in [0.3, 0.4) is 0 Å². The number of methoxy groups -OCH3 is 1. The molecule has 2 aromatic carbocycles. The number of amides is 1. The lowest BCUT2D eigenvalue weighted by molar-refractivity contribution is -0.137. The summed E-state index contributed by atoms with van der Waals surface area (Å²) in [4.78, 5) is 17.1. The van der Waals surface area contributed by atoms with Crippen LogP contribution in [0.5, 0.6) is 11.5 Å². The van der Waals surface area contributed by atoms with Crippen molar-refractivity contribution in [3.8, 4) is 11.5 Å². The normalized spacial score (nSPS) is 16.3. The number of carbonyl (C=O) groups is 1. The van der Waals surface area contributed by atoms with Crippen LogP contribution in [-0.4, -0.2) is 55.1 Å². The summed E-state index contributed by atoms with van der Waals surface area (Å²) in [6.07, 6.45) is 0.383. The molecule has 1 atom stereocenters. The van der Waals surface area contributed by atoms with E-state index in [1.165, 1.54) is 5.56 Å². The SMILES string of the molecule is COc1ccc(CN2CCCN(C(=O)[C@@H](C)Oc3ccccc3Cl)CC2)cc1. The smallest absolute Gasteiger partial charge is 0.263 e. The minimum atomic E-state index is -0.562. The number of halogens is 1. The van der Waals surface area contributed by atoms with E-state index in [0.29, 0.717) is 17.3 Å². The summed E-state index contributed by atoms with van der Waals surface area (Å²) in [5, 5.41) is 0.517. The van der Waals surface area contributed by atoms with Gasteiger partial charge in [0.15, 0.2) is 6.10 Å². The van der Waals surface area contributed by atoms with Crippen molar-refractivity contribution in [2.45, 2.75) is 26.0 Å². The van der Waals surface area contributed by atoms with Crippen molar-refractivity contribution >= 4 is 17.5 Å². The summed E-state index contributed by atoms with van der Waals surface area (Å²) in [6.45, 7) is 5.91. The predicted molar refractivity (Wildman–Crippen MR) is 111 cm³/mol. The van der Waals surface area contributed by atoms with Gasteiger partial charge in [-0.2, -0.15) is 0 Å². The maximum Gasteiger partial charge on any atom is 0.263 e. The third-order valence-corrected chi connectivity index (χ3v) is 5.27. The van der Waals surface area contributed by atoms with Gasteiger partial charge < -0.3 is 14.4 Å². The first-order valence-corrected chi connectivity index (χ1v) is 10.00. The summed E-state index contributed by atoms with van der Waals surface area (Å²) < 4.78 is 11.0. The van der Waals surface area contributed by atoms with Crippen molar-refractivity contribution in [3.05, 3.63) is 59.1 Å². The third-order valence-electron chi connectivity index (χ3n) is 4.95. The maximum atomic E-state index is 12.8. The summed E-state index contributed by atoms with van der Waals surface area (Å²) in [5.74, 6) is 1.41. The van der Waals surface area contributed by atoms with E-state index in [0.717, 1.165) is 38.3 Å². The Morgan fingerprint density at radius 1 is 1.07 bits per heavy atom. The van der Waals surface area contributed by atoms with Crippen LogP contribution in [0.2, 0.25) is 5.02 Å². The number of benzene rings is 2. The molecule has 1 amide bonds. The van der Waals surface area contributed by atoms with Crippen LogP contribution in [0.25, 0.3) is 0 Å². The molecular weight excluding hydrogens is 376 g/mol. The summed E-state index contributed by atoms with van der Waals surface area (Å²) in [7, 11) is 1.67. The van der Waals surface area contributed by atoms with Crippen molar-refractivity contribution in [2.75, 3.05) is 33.3 Å². The summed E-state index contributed by atoms with van der Waals surface area (Å²) in [6, 6.07) is 15.4. The monoisotopic (exact) mass is 402 g/mol. The van der Waals surface area contributed by atoms with Crippen LogP contribution >= 0.6 is 11.6 Å². The molecule has 0 aliphatic carbocycles. The van der Waals surface area contributed by atoms with Crippen LogP contribution in [-0.2, 0) is 11.3 Å². The molecule has 28 heavy (non-hydrogen) atoms. The number of para-hydroxylation sites is 1. The van der Waals surface area contributed by atoms with Gasteiger partial charge in [-0.3, -0.25) is 9.69 Å². The zero-order valence-corrected chi connectivity index (χ0v) is 17.2. The highest BCUT2D eigenvalue weighted by molar-refractivity contribution is 6.32. The molecule has 5 nitrogen and oxygen atoms in total. The second-order valence-electron chi connectivity index (χ2n) is 6.99. The lowest BCUT2D eigenvalue weighted by Crippen LogP contribution is -2.42. The zero-order chi connectivity index (χ0) is 19.9. The Morgan fingerprint density at radius 2 is 1.82 bits per heavy atom. The Morgan fingerprint density at radius 3 is 2.54 bits per heavy atom. The standard InChI is InChI=1S/C22H27ClN2O3/c1-17(28-21-7-4-3-6-20(21)23)22(26)25-13-5-12-24(14-15-25)16-18-8-10-19(27-2)11-9-18/h3-4,6-11,17H,5,12-16H2,1-2H3/t17-/m1/s1. The van der Waals surface area contributed by atoms with E-state index in [1.807, 2.05) is 29.2 Å². The number of ether oxygens (including phenoxy) is 2. The van der Waals surface area contributed by atoms with Crippen molar-refractivity contribution in [1.82, 2.24) is 9.80 Å². The van der Waals surface area contributed by atoms with Gasteiger partial charge in [-0.1, -0.05) is 35.9 Å². The molecule has 0 bridgehead atoms. The highest BCUT2D eigenvalue weighted by Crippen LogP contribution is 2.24. The van der Waals surface area contributed by atoms with Crippen LogP contribution < -0.4 is 9.47 Å². The number of rotatable bonds is 6. The second-order valence-corrected chi connectivity index (χ2v) is 7.40. The molecular formula is C22H27ClN2O3. The minimum absolute atomic E-state index is 0.00576. The predicted octanol–water partition coefficient (Wildman–Crippen LogP) is 3.85. The average molecular weight is 403 g/mol. The molecule has 0 aromatic heterocycles. The van der Waals surface area contributed by atoms with Crippen molar-refractivity contribution in [3.63, 3.8) is 0 Å². The molecule has 1 aliphatic heterocycles. The molecule has 150 valence electrons. The van der Waals surface area contributed by atoms with Gasteiger partial charge in [0.2, 0.25) is 0 Å². The van der Waals surface area contributed by atoms with Crippen LogP contribution in [0.1, 0.15) is 18.9 Å². The highest BCUT2D eigenvalue weighted by Gasteiger charge is 2.25. The fourth-order valence-electron chi connectivity index (χ4n) is 3.38. The van der Waals surface area contributed by atoms with E-state index < -0.39 is 6.10 Å². The third kappa shape index (κ3) is 5.40. The lowest BCUT2D eigenvalue weighted by Gasteiger charge is -2.25. The maximum absolute atomic E-state index is 12.8. The zero-order valence-electron chi connectivity index (χ0n) is 16.4. The number of hydrogen-bond donors (Lipinski definition) is 0. The Bertz CT molecular complexity index is 782. The molecule has 1 heterocycles. The van der Waals surface area contributed by atoms with Gasteiger partial charge in [-0.25, -0.2) is 0 Å². The molecule has 1 fully saturated rings. The Balaban J connectivity index is 1.53. The van der Waals surface area contributed by atoms with Gasteiger partial charge in [0.05, 0.1) is 12.1 Å². The molecule has 3 rings (SSSR count). The van der Waals surface area contributed by atoms with E-state index in [4.69, 9.17) is 21.1 Å². The van der Waals surface area contributed by atoms with Crippen LogP contribution in [0, 0.1) is 0 Å². The van der Waals surface area contributed by atoms with E-state index >= 15 is 0 Å². The second kappa shape index (κ2) is 9.80. The Labute approximate surface area is 171 Å². The quantitative estimate of drug-likeness (QED) is 0.736. The van der Waals surface area contributed by atoms with Gasteiger partial charge in [-0.05, 0) is 43.2 Å². The first kappa shape index (κ1) is 20.5. The van der Waals surface area contributed by atoms with E-state index in [9.17, 15) is 4.79 Å². The first-order chi connectivity index (χ1) is 13.6. The fraction of sp³-hybridized carbons (Fsp3) is 0.409. The fourth-order valence-corrected chi connectivity index (χ4v) is 3.56. The molecule has 1 aliphatic rings. The summed E-state index contributed by atoms with van der Waals surface area (Å²) >= 11 is 6.14. The van der Waals surface area contributed by atoms with E-state index in [2.05, 4.69) is 17.0 Å². The Kier molecular flexibility index (Phi) is 7.18. The minimum Gasteiger partial charge on any atom is -0.497 e. The molecule has 0 N–H and O–H groups in total. The van der Waals surface area contributed by atoms with E-state index in [1.54, 1.807) is 26.2 Å². The molecule has 0 spiro atoms. The first-order valence-electron chi connectivity index (χ1n) is 9.62. The highest BCUT2D eigenvalue weighted by atomic mass is 35.5. The topological polar surface area (TPSA) is 42.0 Å². The summed E-state index contributed by atoms with van der Waals surface area (Å²) in [5.41, 5.74) is 1.25. The molecule has 2 aromatic rings. The van der Waals surface area contributed by atoms with Crippen molar-refractivity contribution in [1.29, 1.82) is 0 Å². The van der Waals surface area contributed by atoms with Gasteiger partial charge in [-0.15, -0.1) is 0 Å². The van der Waals surface area contributed by atoms with Crippen LogP contribution in [0.4, 0.5) is 0 Å². The lowest BCUT2D eigenvalue weighted by atomic mass is 10.2. The number of hydrogen-bond acceptors (Lipinski definition) is 4. The van der Waals surface area contributed by atoms with Crippen molar-refractivity contribution in [2.24, 2.45) is 0 Å². The van der Waals surface area contributed by atoms with Gasteiger partial charge in [0, 0.05) is 32.7 Å². The average Bonchev–Trinajstić information content (AvgIpc) is 2.95. The largest absolute Gasteiger partial charge is 0.497 e. The molecule has 0 unspecified atom stereocenters. The molecule has 1 saturated heterocycles. The van der Waals surface area contributed by atoms with Gasteiger partial charge in [0.1, 0.15) is 11.5 Å². The molecule has 0 saturated carbocycles. The van der Waals surface area contributed by atoms with Gasteiger partial charge in [0.25, 0.3) is 5.91 Å².